The number of hydrogen-bond donors (Lipinski definition) is 2. The molecule has 9 rings (SSSR count). The molecule has 6 aliphatic rings. The molecule has 1 unspecified atom stereocenters. The molecule has 3 aromatic heterocycles. The molecule has 2 bridgehead atoms. The summed E-state index contributed by atoms with van der Waals surface area (Å²) in [4.78, 5) is 15.5. The number of carbonyl (C=O) groups excluding carboxylic acids is 1. The van der Waals surface area contributed by atoms with Crippen molar-refractivity contribution < 1.29 is 27.8 Å². The number of sulfonamides is 1. The predicted molar refractivity (Wildman–Crippen MR) is 183 cm³/mol. The van der Waals surface area contributed by atoms with Crippen LogP contribution in [0.1, 0.15) is 74.2 Å². The third-order valence-electron chi connectivity index (χ3n) is 13.4. The van der Waals surface area contributed by atoms with Crippen molar-refractivity contribution in [3.05, 3.63) is 87.9 Å². The number of furan rings is 1. The van der Waals surface area contributed by atoms with Crippen molar-refractivity contribution in [1.29, 1.82) is 0 Å². The van der Waals surface area contributed by atoms with Gasteiger partial charge < -0.3 is 14.6 Å². The van der Waals surface area contributed by atoms with E-state index < -0.39 is 38.0 Å². The van der Waals surface area contributed by atoms with Crippen molar-refractivity contribution in [2.75, 3.05) is 13.1 Å². The van der Waals surface area contributed by atoms with Gasteiger partial charge in [-0.3, -0.25) is 4.79 Å². The molecule has 3 fully saturated rings. The number of rotatable bonds is 9. The molecule has 7 nitrogen and oxygen atoms in total. The van der Waals surface area contributed by atoms with Crippen molar-refractivity contribution in [3.8, 4) is 0 Å². The molecule has 0 amide bonds. The average Bonchev–Trinajstić information content (AvgIpc) is 3.87. The maximum Gasteiger partial charge on any atom is 0.252 e. The van der Waals surface area contributed by atoms with Gasteiger partial charge in [-0.15, -0.1) is 22.7 Å². The van der Waals surface area contributed by atoms with Crippen molar-refractivity contribution >= 4 is 38.5 Å². The van der Waals surface area contributed by atoms with Crippen LogP contribution in [0.4, 0.5) is 0 Å². The van der Waals surface area contributed by atoms with Gasteiger partial charge in [0.1, 0.15) is 4.21 Å². The number of allylic oxidation sites excluding steroid dienone is 4. The minimum atomic E-state index is -3.84. The Labute approximate surface area is 285 Å². The quantitative estimate of drug-likeness (QED) is 0.183. The first kappa shape index (κ1) is 31.9. The Balaban J connectivity index is 1.21. The van der Waals surface area contributed by atoms with Gasteiger partial charge in [0.25, 0.3) is 10.0 Å². The third kappa shape index (κ3) is 4.37. The van der Waals surface area contributed by atoms with Crippen LogP contribution < -0.4 is 0 Å². The van der Waals surface area contributed by atoms with Crippen LogP contribution in [0.2, 0.25) is 0 Å². The van der Waals surface area contributed by atoms with Gasteiger partial charge in [0.05, 0.1) is 18.0 Å². The maximum absolute atomic E-state index is 14.4. The summed E-state index contributed by atoms with van der Waals surface area (Å²) in [5, 5.41) is 27.6. The molecule has 6 aliphatic carbocycles. The second-order valence-electron chi connectivity index (χ2n) is 15.2. The Bertz CT molecular complexity index is 1830. The molecular formula is C37H43NO6S3. The Morgan fingerprint density at radius 1 is 0.979 bits per heavy atom. The number of ketones is 1. The molecule has 8 atom stereocenters. The van der Waals surface area contributed by atoms with E-state index in [2.05, 4.69) is 32.1 Å². The zero-order valence-electron chi connectivity index (χ0n) is 26.9. The van der Waals surface area contributed by atoms with Gasteiger partial charge in [-0.1, -0.05) is 44.2 Å². The highest BCUT2D eigenvalue weighted by molar-refractivity contribution is 7.91. The lowest BCUT2D eigenvalue weighted by Gasteiger charge is -2.71. The molecule has 250 valence electrons. The van der Waals surface area contributed by atoms with E-state index in [1.54, 1.807) is 41.0 Å². The molecule has 3 aromatic rings. The highest BCUT2D eigenvalue weighted by atomic mass is 32.2. The number of aliphatic hydroxyl groups excluding tert-OH is 1. The summed E-state index contributed by atoms with van der Waals surface area (Å²) in [6.45, 7) is 4.80. The first-order valence-corrected chi connectivity index (χ1v) is 20.1. The number of Topliss-reactive ketones (excluding diaryl/α,β-unsaturated/α-hetero) is 1. The normalized spacial score (nSPS) is 39.0. The zero-order chi connectivity index (χ0) is 32.9. The lowest BCUT2D eigenvalue weighted by Crippen LogP contribution is -2.67. The van der Waals surface area contributed by atoms with Crippen LogP contribution in [0.5, 0.6) is 0 Å². The van der Waals surface area contributed by atoms with E-state index in [-0.39, 0.29) is 40.3 Å². The Hall–Kier alpha value is -2.34. The monoisotopic (exact) mass is 693 g/mol. The lowest BCUT2D eigenvalue weighted by molar-refractivity contribution is -0.173. The third-order valence-corrected chi connectivity index (χ3v) is 17.6. The average molecular weight is 694 g/mol. The second kappa shape index (κ2) is 10.8. The number of nitrogens with zero attached hydrogens (tertiary/aromatic N) is 1. The number of carbonyl (C=O) groups is 1. The molecule has 2 spiro atoms. The summed E-state index contributed by atoms with van der Waals surface area (Å²) in [6.07, 6.45) is 13.3. The molecule has 0 saturated heterocycles. The minimum Gasteiger partial charge on any atom is -0.461 e. The van der Waals surface area contributed by atoms with E-state index in [0.29, 0.717) is 31.4 Å². The van der Waals surface area contributed by atoms with Gasteiger partial charge in [0.2, 0.25) is 5.78 Å². The van der Waals surface area contributed by atoms with E-state index in [4.69, 9.17) is 4.42 Å². The molecule has 0 radical (unpaired) electrons. The Kier molecular flexibility index (Phi) is 7.35. The molecule has 3 heterocycles. The summed E-state index contributed by atoms with van der Waals surface area (Å²) in [6, 6.07) is 10.9. The maximum atomic E-state index is 14.4. The number of thiophene rings is 2. The zero-order valence-corrected chi connectivity index (χ0v) is 29.4. The van der Waals surface area contributed by atoms with E-state index in [1.807, 2.05) is 17.5 Å². The largest absolute Gasteiger partial charge is 0.461 e. The smallest absolute Gasteiger partial charge is 0.252 e. The number of aliphatic hydroxyl groups is 2. The fourth-order valence-electron chi connectivity index (χ4n) is 10.9. The molecule has 10 heteroatoms. The summed E-state index contributed by atoms with van der Waals surface area (Å²) in [5.41, 5.74) is -2.42. The van der Waals surface area contributed by atoms with Crippen molar-refractivity contribution in [2.24, 2.45) is 33.5 Å². The fraction of sp³-hybridized carbons (Fsp3) is 0.541. The van der Waals surface area contributed by atoms with Gasteiger partial charge in [-0.05, 0) is 104 Å². The van der Waals surface area contributed by atoms with Crippen LogP contribution in [-0.4, -0.2) is 53.5 Å². The first-order valence-electron chi connectivity index (χ1n) is 16.9. The van der Waals surface area contributed by atoms with Gasteiger partial charge in [-0.2, -0.15) is 4.31 Å². The van der Waals surface area contributed by atoms with E-state index in [1.165, 1.54) is 21.9 Å². The highest BCUT2D eigenvalue weighted by Crippen LogP contribution is 2.78. The van der Waals surface area contributed by atoms with E-state index in [0.717, 1.165) is 36.1 Å². The Morgan fingerprint density at radius 2 is 1.72 bits per heavy atom. The van der Waals surface area contributed by atoms with Crippen LogP contribution in [0, 0.1) is 33.5 Å². The van der Waals surface area contributed by atoms with Crippen molar-refractivity contribution in [2.45, 2.75) is 81.1 Å². The fourth-order valence-corrected chi connectivity index (χ4v) is 14.3. The summed E-state index contributed by atoms with van der Waals surface area (Å²) < 4.78 is 35.8. The van der Waals surface area contributed by atoms with E-state index in [9.17, 15) is 23.4 Å². The predicted octanol–water partition coefficient (Wildman–Crippen LogP) is 7.11. The van der Waals surface area contributed by atoms with Crippen LogP contribution in [0.25, 0.3) is 0 Å². The van der Waals surface area contributed by atoms with Crippen molar-refractivity contribution in [1.82, 2.24) is 4.31 Å². The molecule has 2 N–H and O–H groups in total. The molecule has 3 saturated carbocycles. The lowest BCUT2D eigenvalue weighted by atomic mass is 9.32. The van der Waals surface area contributed by atoms with Gasteiger partial charge in [-0.25, -0.2) is 8.42 Å². The summed E-state index contributed by atoms with van der Waals surface area (Å²) in [5.74, 6) is 0.257. The molecule has 0 aliphatic heterocycles. The van der Waals surface area contributed by atoms with Gasteiger partial charge in [0, 0.05) is 39.8 Å². The number of hydrogen-bond acceptors (Lipinski definition) is 8. The van der Waals surface area contributed by atoms with Crippen LogP contribution in [-0.2, 0) is 16.4 Å². The summed E-state index contributed by atoms with van der Waals surface area (Å²) >= 11 is 2.82. The van der Waals surface area contributed by atoms with Crippen LogP contribution in [0.3, 0.4) is 0 Å². The SMILES string of the molecule is C[C@]12CC[C@H]3[C@]4(C=C[C@@]5(C=C4C(=O)c4ccco4)CC(O)CC[C@]35C)[C@@H]1CC[C@@]2(O)CN(CCc1cccs1)S(=O)(=O)c1cccs1. The van der Waals surface area contributed by atoms with Gasteiger partial charge in [0.15, 0.2) is 5.76 Å². The molecule has 0 aromatic carbocycles. The highest BCUT2D eigenvalue weighted by Gasteiger charge is 2.74. The summed E-state index contributed by atoms with van der Waals surface area (Å²) in [7, 11) is -3.84. The first-order chi connectivity index (χ1) is 22.4. The molecule has 47 heavy (non-hydrogen) atoms. The second-order valence-corrected chi connectivity index (χ2v) is 19.4. The minimum absolute atomic E-state index is 0.00858. The number of fused-ring (bicyclic) bond motifs is 1. The Morgan fingerprint density at radius 3 is 2.45 bits per heavy atom. The van der Waals surface area contributed by atoms with Gasteiger partial charge >= 0.3 is 0 Å². The van der Waals surface area contributed by atoms with Crippen LogP contribution in [0.15, 0.2) is 85.8 Å². The van der Waals surface area contributed by atoms with Crippen LogP contribution >= 0.6 is 22.7 Å². The van der Waals surface area contributed by atoms with Crippen molar-refractivity contribution in [3.63, 3.8) is 0 Å². The topological polar surface area (TPSA) is 108 Å². The van der Waals surface area contributed by atoms with E-state index >= 15 is 0 Å². The molecular weight excluding hydrogens is 651 g/mol. The standard InChI is InChI=1S/C37H43NO6S3/c1-33-13-9-25(39)22-35(33)16-17-37(27(23-35)32(40)28-7-3-19-44-28)29(33)10-14-34(2)30(37)11-15-36(34,41)24-38(18-12-26-6-4-20-45-26)47(42,43)31-8-5-21-46-31/h3-8,16-17,19-21,23,25,29-30,39,41H,9-15,18,22,24H2,1-2H3/t25?,29-,30-,33-,34+,35+,36-,37-/m1/s1.